The average Bonchev–Trinajstić information content (AvgIpc) is 2.96. The molecule has 146 valence electrons. The van der Waals surface area contributed by atoms with Crippen molar-refractivity contribution in [3.05, 3.63) is 12.2 Å². The third-order valence-corrected chi connectivity index (χ3v) is 8.71. The molecule has 6 nitrogen and oxygen atoms in total. The molecule has 0 unspecified atom stereocenters. The summed E-state index contributed by atoms with van der Waals surface area (Å²) in [4.78, 5) is 37.2. The SMILES string of the molecule is C=C1C[C@]23C[C@@]1(OC(C)=O)CC[C@@H]2[C@@]12CCC[C@@](C)(C(=O)O1)[C@H]2[C@@H]3C(=O)O. The first-order valence-electron chi connectivity index (χ1n) is 9.95. The topological polar surface area (TPSA) is 89.9 Å². The summed E-state index contributed by atoms with van der Waals surface area (Å²) in [6.07, 6.45) is 4.67. The molecular weight excluding hydrogens is 348 g/mol. The number of carboxylic acids is 1. The van der Waals surface area contributed by atoms with E-state index >= 15 is 0 Å². The van der Waals surface area contributed by atoms with Crippen molar-refractivity contribution in [1.29, 1.82) is 0 Å². The van der Waals surface area contributed by atoms with Crippen LogP contribution >= 0.6 is 0 Å². The van der Waals surface area contributed by atoms with E-state index in [9.17, 15) is 19.5 Å². The quantitative estimate of drug-likeness (QED) is 0.590. The molecule has 0 radical (unpaired) electrons. The molecule has 4 aliphatic carbocycles. The standard InChI is InChI=1S/C21H26O6/c1-11-9-19-10-20(11,26-12(2)22)8-5-13(19)21-7-4-6-18(3,17(25)27-21)15(21)14(19)16(23)24/h13-15H,1,4-10H2,2-3H3,(H,23,24)/t13-,14+,15+,18+,19-,20-,21+/m0/s1. The van der Waals surface area contributed by atoms with Gasteiger partial charge in [-0.2, -0.15) is 0 Å². The Morgan fingerprint density at radius 3 is 2.70 bits per heavy atom. The molecule has 1 spiro atoms. The van der Waals surface area contributed by atoms with E-state index in [1.807, 2.05) is 6.92 Å². The van der Waals surface area contributed by atoms with Crippen molar-refractivity contribution in [1.82, 2.24) is 0 Å². The van der Waals surface area contributed by atoms with Gasteiger partial charge in [0, 0.05) is 18.8 Å². The first kappa shape index (κ1) is 17.3. The largest absolute Gasteiger partial charge is 0.481 e. The van der Waals surface area contributed by atoms with Gasteiger partial charge >= 0.3 is 17.9 Å². The Labute approximate surface area is 158 Å². The van der Waals surface area contributed by atoms with Gasteiger partial charge in [0.05, 0.1) is 11.3 Å². The van der Waals surface area contributed by atoms with Crippen LogP contribution in [-0.4, -0.2) is 34.2 Å². The van der Waals surface area contributed by atoms with Crippen LogP contribution in [0.5, 0.6) is 0 Å². The Morgan fingerprint density at radius 2 is 2.04 bits per heavy atom. The monoisotopic (exact) mass is 374 g/mol. The number of carbonyl (C=O) groups is 3. The fourth-order valence-electron chi connectivity index (χ4n) is 8.10. The van der Waals surface area contributed by atoms with E-state index < -0.39 is 33.9 Å². The lowest BCUT2D eigenvalue weighted by molar-refractivity contribution is -0.168. The molecule has 5 rings (SSSR count). The molecule has 6 heteroatoms. The molecule has 4 bridgehead atoms. The van der Waals surface area contributed by atoms with Crippen LogP contribution in [0.3, 0.4) is 0 Å². The molecule has 1 saturated heterocycles. The van der Waals surface area contributed by atoms with E-state index in [1.54, 1.807) is 0 Å². The predicted octanol–water partition coefficient (Wildman–Crippen LogP) is 2.85. The molecule has 4 saturated carbocycles. The van der Waals surface area contributed by atoms with Gasteiger partial charge in [0.2, 0.25) is 0 Å². The van der Waals surface area contributed by atoms with E-state index in [4.69, 9.17) is 9.47 Å². The summed E-state index contributed by atoms with van der Waals surface area (Å²) >= 11 is 0. The minimum Gasteiger partial charge on any atom is -0.481 e. The highest BCUT2D eigenvalue weighted by atomic mass is 16.6. The van der Waals surface area contributed by atoms with Gasteiger partial charge in [-0.05, 0) is 62.9 Å². The Bertz CT molecular complexity index is 802. The van der Waals surface area contributed by atoms with Crippen molar-refractivity contribution in [2.75, 3.05) is 0 Å². The lowest BCUT2D eigenvalue weighted by Crippen LogP contribution is -2.48. The fourth-order valence-corrected chi connectivity index (χ4v) is 8.10. The van der Waals surface area contributed by atoms with Gasteiger partial charge in [-0.3, -0.25) is 14.4 Å². The number of ether oxygens (including phenoxy) is 2. The maximum Gasteiger partial charge on any atom is 0.312 e. The fraction of sp³-hybridized carbons (Fsp3) is 0.762. The van der Waals surface area contributed by atoms with Crippen LogP contribution in [0.15, 0.2) is 12.2 Å². The number of hydrogen-bond acceptors (Lipinski definition) is 5. The number of carbonyl (C=O) groups excluding carboxylic acids is 2. The van der Waals surface area contributed by atoms with Gasteiger partial charge in [0.25, 0.3) is 0 Å². The van der Waals surface area contributed by atoms with Gasteiger partial charge in [-0.1, -0.05) is 6.58 Å². The first-order chi connectivity index (χ1) is 12.6. The third-order valence-electron chi connectivity index (χ3n) is 8.71. The summed E-state index contributed by atoms with van der Waals surface area (Å²) in [7, 11) is 0. The summed E-state index contributed by atoms with van der Waals surface area (Å²) in [6, 6.07) is 0. The average molecular weight is 374 g/mol. The van der Waals surface area contributed by atoms with Crippen molar-refractivity contribution < 1.29 is 29.0 Å². The van der Waals surface area contributed by atoms with E-state index in [-0.39, 0.29) is 23.8 Å². The van der Waals surface area contributed by atoms with Crippen molar-refractivity contribution in [3.63, 3.8) is 0 Å². The Morgan fingerprint density at radius 1 is 1.30 bits per heavy atom. The molecule has 1 N–H and O–H groups in total. The summed E-state index contributed by atoms with van der Waals surface area (Å²) < 4.78 is 11.9. The number of esters is 2. The number of rotatable bonds is 2. The second-order valence-corrected chi connectivity index (χ2v) is 9.78. The van der Waals surface area contributed by atoms with Gasteiger partial charge in [-0.15, -0.1) is 0 Å². The van der Waals surface area contributed by atoms with Crippen LogP contribution in [0.1, 0.15) is 58.8 Å². The molecule has 7 atom stereocenters. The first-order valence-corrected chi connectivity index (χ1v) is 9.95. The van der Waals surface area contributed by atoms with Gasteiger partial charge in [-0.25, -0.2) is 0 Å². The van der Waals surface area contributed by atoms with E-state index in [0.29, 0.717) is 32.1 Å². The molecule has 1 heterocycles. The lowest BCUT2D eigenvalue weighted by Gasteiger charge is -2.46. The minimum absolute atomic E-state index is 0.00916. The molecule has 1 aliphatic heterocycles. The zero-order valence-electron chi connectivity index (χ0n) is 15.9. The predicted molar refractivity (Wildman–Crippen MR) is 93.4 cm³/mol. The number of carboxylic acid groups (broad SMARTS) is 1. The molecule has 0 aromatic heterocycles. The second-order valence-electron chi connectivity index (χ2n) is 9.78. The molecule has 27 heavy (non-hydrogen) atoms. The summed E-state index contributed by atoms with van der Waals surface area (Å²) in [6.45, 7) is 7.49. The lowest BCUT2D eigenvalue weighted by atomic mass is 9.60. The maximum atomic E-state index is 12.8. The zero-order chi connectivity index (χ0) is 19.4. The second kappa shape index (κ2) is 4.76. The number of fused-ring (bicyclic) bond motifs is 1. The van der Waals surface area contributed by atoms with Crippen molar-refractivity contribution in [2.45, 2.75) is 70.0 Å². The van der Waals surface area contributed by atoms with E-state index in [0.717, 1.165) is 18.4 Å². The summed E-state index contributed by atoms with van der Waals surface area (Å²) in [5, 5.41) is 10.3. The maximum absolute atomic E-state index is 12.8. The minimum atomic E-state index is -0.855. The van der Waals surface area contributed by atoms with E-state index in [1.165, 1.54) is 6.92 Å². The van der Waals surface area contributed by atoms with E-state index in [2.05, 4.69) is 6.58 Å². The highest BCUT2D eigenvalue weighted by molar-refractivity contribution is 5.84. The molecule has 0 aromatic carbocycles. The van der Waals surface area contributed by atoms with Crippen LogP contribution in [0.4, 0.5) is 0 Å². The van der Waals surface area contributed by atoms with Crippen molar-refractivity contribution in [3.8, 4) is 0 Å². The van der Waals surface area contributed by atoms with Crippen LogP contribution in [0, 0.1) is 28.6 Å². The number of aliphatic carboxylic acids is 1. The molecular formula is C21H26O6. The van der Waals surface area contributed by atoms with Gasteiger partial charge in [0.1, 0.15) is 11.2 Å². The van der Waals surface area contributed by atoms with Crippen LogP contribution < -0.4 is 0 Å². The Balaban J connectivity index is 1.69. The normalized spacial score (nSPS) is 52.1. The highest BCUT2D eigenvalue weighted by Gasteiger charge is 2.83. The summed E-state index contributed by atoms with van der Waals surface area (Å²) in [5.41, 5.74) is -1.90. The Hall–Kier alpha value is -1.85. The van der Waals surface area contributed by atoms with Crippen molar-refractivity contribution in [2.24, 2.45) is 28.6 Å². The molecule has 0 amide bonds. The highest BCUT2D eigenvalue weighted by Crippen LogP contribution is 2.78. The number of hydrogen-bond donors (Lipinski definition) is 1. The smallest absolute Gasteiger partial charge is 0.312 e. The molecule has 5 aliphatic rings. The zero-order valence-corrected chi connectivity index (χ0v) is 15.9. The van der Waals surface area contributed by atoms with Crippen LogP contribution in [0.25, 0.3) is 0 Å². The van der Waals surface area contributed by atoms with Crippen LogP contribution in [-0.2, 0) is 23.9 Å². The van der Waals surface area contributed by atoms with Gasteiger partial charge < -0.3 is 14.6 Å². The molecule has 0 aromatic rings. The van der Waals surface area contributed by atoms with Crippen molar-refractivity contribution >= 4 is 17.9 Å². The molecule has 5 fully saturated rings. The van der Waals surface area contributed by atoms with Gasteiger partial charge in [0.15, 0.2) is 0 Å². The van der Waals surface area contributed by atoms with Crippen LogP contribution in [0.2, 0.25) is 0 Å². The Kier molecular flexibility index (Phi) is 3.04. The third kappa shape index (κ3) is 1.71. The summed E-state index contributed by atoms with van der Waals surface area (Å²) in [5.74, 6) is -2.43.